The quantitative estimate of drug-likeness (QED) is 0.725. The lowest BCUT2D eigenvalue weighted by molar-refractivity contribution is -0.939. The summed E-state index contributed by atoms with van der Waals surface area (Å²) in [5.74, 6) is 1.04. The van der Waals surface area contributed by atoms with Gasteiger partial charge in [-0.25, -0.2) is 0 Å². The van der Waals surface area contributed by atoms with Crippen LogP contribution in [0.25, 0.3) is 0 Å². The summed E-state index contributed by atoms with van der Waals surface area (Å²) in [6.07, 6.45) is 1.98. The van der Waals surface area contributed by atoms with Crippen LogP contribution >= 0.6 is 23.6 Å². The molecule has 0 radical (unpaired) electrons. The van der Waals surface area contributed by atoms with Crippen LogP contribution in [0.4, 0.5) is 0 Å². The van der Waals surface area contributed by atoms with Gasteiger partial charge in [-0.05, 0) is 29.2 Å². The van der Waals surface area contributed by atoms with Gasteiger partial charge in [0.1, 0.15) is 12.4 Å². The number of quaternary nitrogens is 1. The van der Waals surface area contributed by atoms with Crippen LogP contribution in [0.1, 0.15) is 21.8 Å². The third kappa shape index (κ3) is 3.09. The van der Waals surface area contributed by atoms with Gasteiger partial charge < -0.3 is 9.47 Å². The van der Waals surface area contributed by atoms with Crippen LogP contribution in [0.5, 0.6) is 0 Å². The van der Waals surface area contributed by atoms with Gasteiger partial charge in [0.25, 0.3) is 0 Å². The highest BCUT2D eigenvalue weighted by atomic mass is 32.1. The first-order valence-electron chi connectivity index (χ1n) is 8.26. The van der Waals surface area contributed by atoms with Crippen molar-refractivity contribution in [3.8, 4) is 0 Å². The molecule has 1 aliphatic rings. The van der Waals surface area contributed by atoms with Gasteiger partial charge >= 0.3 is 0 Å². The van der Waals surface area contributed by atoms with Crippen molar-refractivity contribution in [1.29, 1.82) is 0 Å². The van der Waals surface area contributed by atoms with E-state index in [9.17, 15) is 0 Å². The first-order valence-corrected chi connectivity index (χ1v) is 9.55. The Bertz CT molecular complexity index is 892. The largest absolute Gasteiger partial charge is 0.312 e. The molecular weight excluding hydrogens is 336 g/mol. The molecule has 0 bridgehead atoms. The Morgan fingerprint density at radius 3 is 2.83 bits per heavy atom. The van der Waals surface area contributed by atoms with Gasteiger partial charge in [0, 0.05) is 30.3 Å². The van der Waals surface area contributed by atoms with Gasteiger partial charge in [-0.15, -0.1) is 11.3 Å². The number of fused-ring (bicyclic) bond motifs is 1. The minimum absolute atomic E-state index is 0.813. The van der Waals surface area contributed by atoms with Crippen molar-refractivity contribution in [3.63, 3.8) is 0 Å². The molecular formula is C18H21N4S2+. The Morgan fingerprint density at radius 1 is 1.21 bits per heavy atom. The maximum atomic E-state index is 5.61. The molecule has 0 fully saturated rings. The van der Waals surface area contributed by atoms with E-state index in [1.165, 1.54) is 20.9 Å². The number of thiophene rings is 1. The lowest BCUT2D eigenvalue weighted by Gasteiger charge is -2.25. The summed E-state index contributed by atoms with van der Waals surface area (Å²) >= 11 is 7.38. The van der Waals surface area contributed by atoms with E-state index in [2.05, 4.69) is 41.8 Å². The zero-order valence-corrected chi connectivity index (χ0v) is 15.4. The summed E-state index contributed by atoms with van der Waals surface area (Å²) in [4.78, 5) is 2.84. The molecule has 4 rings (SSSR count). The second-order valence-corrected chi connectivity index (χ2v) is 7.76. The lowest BCUT2D eigenvalue weighted by atomic mass is 10.0. The number of nitrogens with zero attached hydrogens (tertiary/aromatic N) is 3. The molecule has 1 atom stereocenters. The maximum Gasteiger partial charge on any atom is 0.202 e. The van der Waals surface area contributed by atoms with Crippen LogP contribution in [0.15, 0.2) is 41.8 Å². The third-order valence-corrected chi connectivity index (χ3v) is 6.08. The van der Waals surface area contributed by atoms with Gasteiger partial charge in [-0.2, -0.15) is 9.78 Å². The topological polar surface area (TPSA) is 27.2 Å². The predicted molar refractivity (Wildman–Crippen MR) is 98.8 cm³/mol. The van der Waals surface area contributed by atoms with Gasteiger partial charge in [0.05, 0.1) is 6.54 Å². The highest BCUT2D eigenvalue weighted by Crippen LogP contribution is 2.14. The van der Waals surface area contributed by atoms with Gasteiger partial charge in [-0.1, -0.05) is 30.3 Å². The van der Waals surface area contributed by atoms with Gasteiger partial charge in [0.2, 0.25) is 4.77 Å². The summed E-state index contributed by atoms with van der Waals surface area (Å²) in [6, 6.07) is 13.0. The second-order valence-electron chi connectivity index (χ2n) is 6.37. The van der Waals surface area contributed by atoms with Crippen LogP contribution in [0, 0.1) is 4.77 Å². The molecule has 1 N–H and O–H groups in total. The highest BCUT2D eigenvalue weighted by molar-refractivity contribution is 7.71. The fourth-order valence-corrected chi connectivity index (χ4v) is 4.26. The summed E-state index contributed by atoms with van der Waals surface area (Å²) < 4.78 is 4.86. The van der Waals surface area contributed by atoms with Gasteiger partial charge in [0.15, 0.2) is 6.67 Å². The average Bonchev–Trinajstić information content (AvgIpc) is 3.20. The summed E-state index contributed by atoms with van der Waals surface area (Å²) in [6.45, 7) is 3.02. The Labute approximate surface area is 151 Å². The Morgan fingerprint density at radius 2 is 2.04 bits per heavy atom. The van der Waals surface area contributed by atoms with Crippen LogP contribution in [0.3, 0.4) is 0 Å². The van der Waals surface area contributed by atoms with Crippen molar-refractivity contribution in [2.24, 2.45) is 7.05 Å². The van der Waals surface area contributed by atoms with E-state index in [0.717, 1.165) is 43.2 Å². The van der Waals surface area contributed by atoms with Crippen LogP contribution in [-0.4, -0.2) is 20.9 Å². The molecule has 3 heterocycles. The molecule has 0 spiro atoms. The van der Waals surface area contributed by atoms with Gasteiger partial charge in [-0.3, -0.25) is 0 Å². The first kappa shape index (κ1) is 15.7. The summed E-state index contributed by atoms with van der Waals surface area (Å²) in [5, 5.41) is 6.90. The van der Waals surface area contributed by atoms with Crippen molar-refractivity contribution in [2.75, 3.05) is 6.54 Å². The molecule has 0 amide bonds. The highest BCUT2D eigenvalue weighted by Gasteiger charge is 2.20. The van der Waals surface area contributed by atoms with Crippen molar-refractivity contribution >= 4 is 23.6 Å². The smallest absolute Gasteiger partial charge is 0.202 e. The van der Waals surface area contributed by atoms with Crippen molar-refractivity contribution < 1.29 is 4.90 Å². The van der Waals surface area contributed by atoms with Crippen molar-refractivity contribution in [2.45, 2.75) is 26.1 Å². The van der Waals surface area contributed by atoms with E-state index in [-0.39, 0.29) is 0 Å². The number of rotatable bonds is 4. The molecule has 24 heavy (non-hydrogen) atoms. The van der Waals surface area contributed by atoms with E-state index < -0.39 is 0 Å². The number of benzene rings is 1. The molecule has 1 aliphatic heterocycles. The van der Waals surface area contributed by atoms with Crippen molar-refractivity contribution in [3.05, 3.63) is 68.4 Å². The summed E-state index contributed by atoms with van der Waals surface area (Å²) in [7, 11) is 2.02. The summed E-state index contributed by atoms with van der Waals surface area (Å²) in [5.41, 5.74) is 2.95. The fourth-order valence-electron chi connectivity index (χ4n) is 3.35. The van der Waals surface area contributed by atoms with E-state index in [1.54, 1.807) is 11.3 Å². The lowest BCUT2D eigenvalue weighted by Crippen LogP contribution is -3.11. The molecule has 1 aromatic carbocycles. The second kappa shape index (κ2) is 6.63. The van der Waals surface area contributed by atoms with Crippen LogP contribution in [-0.2, 0) is 33.1 Å². The van der Waals surface area contributed by atoms with Crippen molar-refractivity contribution in [1.82, 2.24) is 14.3 Å². The monoisotopic (exact) mass is 357 g/mol. The number of hydrogen-bond donors (Lipinski definition) is 1. The van der Waals surface area contributed by atoms with E-state index in [4.69, 9.17) is 17.3 Å². The minimum atomic E-state index is 0.813. The zero-order chi connectivity index (χ0) is 16.5. The standard InChI is InChI=1S/C18H20N4S2/c1-20-17(11-16-7-4-10-24-16)19-22(18(20)23)13-21-9-8-14-5-2-3-6-15(14)12-21/h2-7,10H,8-9,11-13H2,1H3/p+1. The molecule has 2 aromatic heterocycles. The molecule has 4 nitrogen and oxygen atoms in total. The Balaban J connectivity index is 1.52. The van der Waals surface area contributed by atoms with Crippen LogP contribution in [0.2, 0.25) is 0 Å². The Kier molecular flexibility index (Phi) is 4.35. The molecule has 6 heteroatoms. The van der Waals surface area contributed by atoms with E-state index >= 15 is 0 Å². The first-order chi connectivity index (χ1) is 11.7. The molecule has 1 unspecified atom stereocenters. The minimum Gasteiger partial charge on any atom is -0.312 e. The number of nitrogens with one attached hydrogen (secondary N) is 1. The third-order valence-electron chi connectivity index (χ3n) is 4.72. The fraction of sp³-hybridized carbons (Fsp3) is 0.333. The van der Waals surface area contributed by atoms with E-state index in [1.807, 2.05) is 16.3 Å². The normalized spacial score (nSPS) is 17.0. The molecule has 0 aliphatic carbocycles. The van der Waals surface area contributed by atoms with E-state index in [0.29, 0.717) is 0 Å². The molecule has 124 valence electrons. The number of hydrogen-bond acceptors (Lipinski definition) is 3. The number of aromatic nitrogens is 3. The van der Waals surface area contributed by atoms with Crippen LogP contribution < -0.4 is 4.90 Å². The maximum absolute atomic E-state index is 5.61. The molecule has 3 aromatic rings. The molecule has 0 saturated carbocycles. The predicted octanol–water partition coefficient (Wildman–Crippen LogP) is 2.20. The Hall–Kier alpha value is -1.76. The SMILES string of the molecule is Cn1c(Cc2cccs2)nn(C[NH+]2CCc3ccccc3C2)c1=S. The average molecular weight is 358 g/mol. The zero-order valence-electron chi connectivity index (χ0n) is 13.7. The molecule has 0 saturated heterocycles.